The highest BCUT2D eigenvalue weighted by atomic mass is 32.1. The van der Waals surface area contributed by atoms with E-state index < -0.39 is 4.92 Å². The van der Waals surface area contributed by atoms with Crippen LogP contribution in [-0.4, -0.2) is 16.5 Å². The van der Waals surface area contributed by atoms with Crippen molar-refractivity contribution < 1.29 is 4.92 Å². The molecule has 0 aliphatic rings. The number of nitrogens with one attached hydrogen (secondary N) is 1. The first-order chi connectivity index (χ1) is 9.61. The minimum Gasteiger partial charge on any atom is -0.309 e. The molecule has 20 heavy (non-hydrogen) atoms. The Kier molecular flexibility index (Phi) is 4.81. The summed E-state index contributed by atoms with van der Waals surface area (Å²) in [6, 6.07) is 6.72. The van der Waals surface area contributed by atoms with Crippen molar-refractivity contribution >= 4 is 17.0 Å². The molecule has 1 N–H and O–H groups in total. The van der Waals surface area contributed by atoms with Gasteiger partial charge >= 0.3 is 0 Å². The van der Waals surface area contributed by atoms with Crippen molar-refractivity contribution in [2.75, 3.05) is 6.54 Å². The van der Waals surface area contributed by atoms with E-state index in [0.29, 0.717) is 0 Å². The fourth-order valence-corrected chi connectivity index (χ4v) is 2.73. The third-order valence-corrected chi connectivity index (χ3v) is 3.90. The van der Waals surface area contributed by atoms with Crippen molar-refractivity contribution in [1.82, 2.24) is 10.3 Å². The number of thiazole rings is 1. The molecular weight excluding hydrogens is 274 g/mol. The van der Waals surface area contributed by atoms with E-state index in [9.17, 15) is 10.1 Å². The van der Waals surface area contributed by atoms with Crippen LogP contribution >= 0.6 is 11.3 Å². The molecule has 0 radical (unpaired) electrons. The SMILES string of the molecule is CCCNC(C)c1csc(-c2ccc([N+](=O)[O-])cc2)n1. The van der Waals surface area contributed by atoms with Gasteiger partial charge < -0.3 is 5.32 Å². The quantitative estimate of drug-likeness (QED) is 0.649. The second-order valence-corrected chi connectivity index (χ2v) is 5.42. The van der Waals surface area contributed by atoms with Crippen LogP contribution in [0.15, 0.2) is 29.6 Å². The minimum absolute atomic E-state index is 0.100. The molecule has 1 aromatic heterocycles. The molecule has 0 bridgehead atoms. The zero-order valence-corrected chi connectivity index (χ0v) is 12.3. The van der Waals surface area contributed by atoms with Crippen LogP contribution in [0.2, 0.25) is 0 Å². The van der Waals surface area contributed by atoms with Crippen LogP contribution in [0.25, 0.3) is 10.6 Å². The van der Waals surface area contributed by atoms with Gasteiger partial charge in [-0.2, -0.15) is 0 Å². The molecule has 0 spiro atoms. The van der Waals surface area contributed by atoms with E-state index >= 15 is 0 Å². The summed E-state index contributed by atoms with van der Waals surface area (Å²) < 4.78 is 0. The van der Waals surface area contributed by atoms with E-state index in [1.165, 1.54) is 12.1 Å². The second kappa shape index (κ2) is 6.58. The molecule has 2 rings (SSSR count). The Labute approximate surface area is 121 Å². The smallest absolute Gasteiger partial charge is 0.269 e. The van der Waals surface area contributed by atoms with Gasteiger partial charge in [0.05, 0.1) is 10.6 Å². The van der Waals surface area contributed by atoms with Gasteiger partial charge in [0, 0.05) is 29.1 Å². The van der Waals surface area contributed by atoms with E-state index in [2.05, 4.69) is 24.1 Å². The number of aromatic nitrogens is 1. The van der Waals surface area contributed by atoms with E-state index in [4.69, 9.17) is 0 Å². The van der Waals surface area contributed by atoms with E-state index in [-0.39, 0.29) is 11.7 Å². The number of non-ortho nitro benzene ring substituents is 1. The van der Waals surface area contributed by atoms with Gasteiger partial charge in [-0.25, -0.2) is 4.98 Å². The number of benzene rings is 1. The Hall–Kier alpha value is -1.79. The van der Waals surface area contributed by atoms with Crippen LogP contribution in [0.5, 0.6) is 0 Å². The summed E-state index contributed by atoms with van der Waals surface area (Å²) in [5.74, 6) is 0. The molecule has 106 valence electrons. The molecule has 1 aromatic carbocycles. The minimum atomic E-state index is -0.395. The summed E-state index contributed by atoms with van der Waals surface area (Å²) in [6.07, 6.45) is 1.09. The third-order valence-electron chi connectivity index (χ3n) is 2.99. The zero-order valence-electron chi connectivity index (χ0n) is 11.5. The summed E-state index contributed by atoms with van der Waals surface area (Å²) in [7, 11) is 0. The van der Waals surface area contributed by atoms with E-state index in [1.54, 1.807) is 23.5 Å². The molecule has 0 fully saturated rings. The number of nitro groups is 1. The maximum Gasteiger partial charge on any atom is 0.269 e. The lowest BCUT2D eigenvalue weighted by molar-refractivity contribution is -0.384. The highest BCUT2D eigenvalue weighted by Crippen LogP contribution is 2.27. The summed E-state index contributed by atoms with van der Waals surface area (Å²) >= 11 is 1.56. The average Bonchev–Trinajstić information content (AvgIpc) is 2.94. The van der Waals surface area contributed by atoms with Crippen LogP contribution in [0.3, 0.4) is 0 Å². The van der Waals surface area contributed by atoms with E-state index in [1.807, 2.05) is 5.38 Å². The van der Waals surface area contributed by atoms with Crippen LogP contribution in [-0.2, 0) is 0 Å². The van der Waals surface area contributed by atoms with Crippen molar-refractivity contribution in [3.8, 4) is 10.6 Å². The molecule has 5 nitrogen and oxygen atoms in total. The zero-order chi connectivity index (χ0) is 14.5. The summed E-state index contributed by atoms with van der Waals surface area (Å²) in [4.78, 5) is 14.8. The molecule has 1 atom stereocenters. The highest BCUT2D eigenvalue weighted by molar-refractivity contribution is 7.13. The van der Waals surface area contributed by atoms with Crippen molar-refractivity contribution in [2.24, 2.45) is 0 Å². The number of rotatable bonds is 6. The summed E-state index contributed by atoms with van der Waals surface area (Å²) in [5.41, 5.74) is 2.02. The van der Waals surface area contributed by atoms with Crippen LogP contribution < -0.4 is 5.32 Å². The van der Waals surface area contributed by atoms with Gasteiger partial charge in [0.25, 0.3) is 5.69 Å². The fraction of sp³-hybridized carbons (Fsp3) is 0.357. The number of hydrogen-bond acceptors (Lipinski definition) is 5. The number of hydrogen-bond donors (Lipinski definition) is 1. The standard InChI is InChI=1S/C14H17N3O2S/c1-3-8-15-10(2)13-9-20-14(16-13)11-4-6-12(7-5-11)17(18)19/h4-7,9-10,15H,3,8H2,1-2H3. The summed E-state index contributed by atoms with van der Waals surface area (Å²) in [6.45, 7) is 5.18. The first-order valence-corrected chi connectivity index (χ1v) is 7.43. The van der Waals surface area contributed by atoms with Gasteiger partial charge in [-0.1, -0.05) is 6.92 Å². The molecule has 2 aromatic rings. The Morgan fingerprint density at radius 1 is 1.40 bits per heavy atom. The molecule has 1 heterocycles. The molecule has 1 unspecified atom stereocenters. The summed E-state index contributed by atoms with van der Waals surface area (Å²) in [5, 5.41) is 16.9. The molecule has 0 aliphatic heterocycles. The maximum atomic E-state index is 10.6. The van der Waals surface area contributed by atoms with Gasteiger partial charge in [-0.05, 0) is 32.0 Å². The normalized spacial score (nSPS) is 12.3. The predicted octanol–water partition coefficient (Wildman–Crippen LogP) is 3.78. The van der Waals surface area contributed by atoms with Gasteiger partial charge in [0.15, 0.2) is 0 Å². The Balaban J connectivity index is 2.13. The number of nitro benzene ring substituents is 1. The maximum absolute atomic E-state index is 10.6. The van der Waals surface area contributed by atoms with Gasteiger partial charge in [0.1, 0.15) is 5.01 Å². The Morgan fingerprint density at radius 2 is 2.10 bits per heavy atom. The van der Waals surface area contributed by atoms with Gasteiger partial charge in [-0.15, -0.1) is 11.3 Å². The molecular formula is C14H17N3O2S. The largest absolute Gasteiger partial charge is 0.309 e. The van der Waals surface area contributed by atoms with Crippen LogP contribution in [0, 0.1) is 10.1 Å². The van der Waals surface area contributed by atoms with Crippen LogP contribution in [0.4, 0.5) is 5.69 Å². The number of nitrogens with zero attached hydrogens (tertiary/aromatic N) is 2. The topological polar surface area (TPSA) is 68.1 Å². The van der Waals surface area contributed by atoms with E-state index in [0.717, 1.165) is 29.2 Å². The van der Waals surface area contributed by atoms with Crippen molar-refractivity contribution in [3.05, 3.63) is 45.5 Å². The molecule has 6 heteroatoms. The lowest BCUT2D eigenvalue weighted by Crippen LogP contribution is -2.19. The molecule has 0 saturated carbocycles. The Morgan fingerprint density at radius 3 is 2.70 bits per heavy atom. The monoisotopic (exact) mass is 291 g/mol. The first-order valence-electron chi connectivity index (χ1n) is 6.55. The first kappa shape index (κ1) is 14.6. The van der Waals surface area contributed by atoms with Crippen molar-refractivity contribution in [2.45, 2.75) is 26.3 Å². The van der Waals surface area contributed by atoms with Gasteiger partial charge in [0.2, 0.25) is 0 Å². The third kappa shape index (κ3) is 3.40. The molecule has 0 saturated heterocycles. The highest BCUT2D eigenvalue weighted by Gasteiger charge is 2.11. The average molecular weight is 291 g/mol. The predicted molar refractivity (Wildman–Crippen MR) is 80.9 cm³/mol. The van der Waals surface area contributed by atoms with Gasteiger partial charge in [-0.3, -0.25) is 10.1 Å². The van der Waals surface area contributed by atoms with Crippen molar-refractivity contribution in [3.63, 3.8) is 0 Å². The van der Waals surface area contributed by atoms with Crippen LogP contribution in [0.1, 0.15) is 32.0 Å². The molecule has 0 aliphatic carbocycles. The molecule has 0 amide bonds. The lowest BCUT2D eigenvalue weighted by Gasteiger charge is -2.09. The lowest BCUT2D eigenvalue weighted by atomic mass is 10.2. The van der Waals surface area contributed by atoms with Crippen molar-refractivity contribution in [1.29, 1.82) is 0 Å². The fourth-order valence-electron chi connectivity index (χ4n) is 1.81. The second-order valence-electron chi connectivity index (χ2n) is 4.56. The Bertz CT molecular complexity index is 580.